The summed E-state index contributed by atoms with van der Waals surface area (Å²) < 4.78 is 0. The molecule has 0 radical (unpaired) electrons. The van der Waals surface area contributed by atoms with Crippen LogP contribution in [0.5, 0.6) is 0 Å². The molecule has 0 aromatic rings. The first-order valence-electron chi connectivity index (χ1n) is 3.61. The van der Waals surface area contributed by atoms with Crippen LogP contribution in [-0.2, 0) is 0 Å². The Morgan fingerprint density at radius 1 is 1.27 bits per heavy atom. The van der Waals surface area contributed by atoms with Gasteiger partial charge in [-0.15, -0.1) is 0 Å². The van der Waals surface area contributed by atoms with E-state index in [2.05, 4.69) is 0 Å². The van der Waals surface area contributed by atoms with Crippen molar-refractivity contribution in [3.8, 4) is 0 Å². The van der Waals surface area contributed by atoms with Gasteiger partial charge in [0.2, 0.25) is 6.04 Å². The fourth-order valence-corrected chi connectivity index (χ4v) is 1.30. The monoisotopic (exact) mass is 161 g/mol. The lowest BCUT2D eigenvalue weighted by Crippen LogP contribution is -2.39. The van der Waals surface area contributed by atoms with E-state index in [4.69, 9.17) is 10.2 Å². The van der Waals surface area contributed by atoms with Gasteiger partial charge in [-0.1, -0.05) is 0 Å². The summed E-state index contributed by atoms with van der Waals surface area (Å²) in [6, 6.07) is -0.673. The van der Waals surface area contributed by atoms with Crippen molar-refractivity contribution >= 4 is 0 Å². The van der Waals surface area contributed by atoms with E-state index in [0.717, 1.165) is 0 Å². The highest BCUT2D eigenvalue weighted by Gasteiger charge is 2.33. The van der Waals surface area contributed by atoms with Gasteiger partial charge in [-0.3, -0.25) is 10.1 Å². The number of aliphatic hydroxyl groups is 2. The number of hydrogen-bond donors (Lipinski definition) is 2. The first kappa shape index (κ1) is 8.42. The van der Waals surface area contributed by atoms with Crippen LogP contribution >= 0.6 is 0 Å². The third-order valence-corrected chi connectivity index (χ3v) is 2.05. The normalized spacial score (nSPS) is 38.5. The van der Waals surface area contributed by atoms with Crippen LogP contribution in [-0.4, -0.2) is 33.4 Å². The molecule has 3 atom stereocenters. The lowest BCUT2D eigenvalue weighted by molar-refractivity contribution is -0.529. The minimum absolute atomic E-state index is 0.0775. The molecule has 5 heteroatoms. The Morgan fingerprint density at radius 2 is 1.91 bits per heavy atom. The van der Waals surface area contributed by atoms with E-state index in [1.807, 2.05) is 0 Å². The minimum atomic E-state index is -0.917. The van der Waals surface area contributed by atoms with Crippen molar-refractivity contribution in [2.75, 3.05) is 0 Å². The molecule has 2 N–H and O–H groups in total. The van der Waals surface area contributed by atoms with Crippen LogP contribution in [0.15, 0.2) is 0 Å². The maximum absolute atomic E-state index is 10.2. The van der Waals surface area contributed by atoms with Crippen LogP contribution in [0.3, 0.4) is 0 Å². The Hall–Kier alpha value is -0.680. The molecule has 0 aromatic heterocycles. The maximum atomic E-state index is 10.2. The summed E-state index contributed by atoms with van der Waals surface area (Å²) in [4.78, 5) is 9.83. The van der Waals surface area contributed by atoms with Gasteiger partial charge in [0.05, 0.1) is 12.2 Å². The number of aliphatic hydroxyl groups excluding tert-OH is 2. The molecule has 0 saturated heterocycles. The van der Waals surface area contributed by atoms with Crippen molar-refractivity contribution in [1.29, 1.82) is 0 Å². The highest BCUT2D eigenvalue weighted by atomic mass is 16.6. The molecule has 0 aliphatic heterocycles. The second-order valence-corrected chi connectivity index (χ2v) is 2.89. The molecule has 0 spiro atoms. The van der Waals surface area contributed by atoms with E-state index in [-0.39, 0.29) is 6.42 Å². The van der Waals surface area contributed by atoms with Gasteiger partial charge in [0.15, 0.2) is 0 Å². The topological polar surface area (TPSA) is 83.6 Å². The van der Waals surface area contributed by atoms with Crippen molar-refractivity contribution in [3.63, 3.8) is 0 Å². The molecule has 5 nitrogen and oxygen atoms in total. The summed E-state index contributed by atoms with van der Waals surface area (Å²) in [5, 5.41) is 28.3. The van der Waals surface area contributed by atoms with Crippen molar-refractivity contribution < 1.29 is 15.1 Å². The van der Waals surface area contributed by atoms with E-state index < -0.39 is 23.2 Å². The van der Waals surface area contributed by atoms with E-state index in [1.165, 1.54) is 0 Å². The zero-order valence-corrected chi connectivity index (χ0v) is 6.01. The largest absolute Gasteiger partial charge is 0.390 e. The average molecular weight is 161 g/mol. The summed E-state index contributed by atoms with van der Waals surface area (Å²) in [7, 11) is 0. The minimum Gasteiger partial charge on any atom is -0.390 e. The second kappa shape index (κ2) is 3.15. The average Bonchev–Trinajstić information content (AvgIpc) is 1.94. The smallest absolute Gasteiger partial charge is 0.215 e. The highest BCUT2D eigenvalue weighted by molar-refractivity contribution is 4.78. The van der Waals surface area contributed by atoms with Gasteiger partial charge in [-0.25, -0.2) is 0 Å². The van der Waals surface area contributed by atoms with Gasteiger partial charge in [-0.2, -0.15) is 0 Å². The second-order valence-electron chi connectivity index (χ2n) is 2.89. The zero-order valence-electron chi connectivity index (χ0n) is 6.01. The molecule has 64 valence electrons. The fraction of sp³-hybridized carbons (Fsp3) is 1.00. The molecule has 0 amide bonds. The number of nitro groups is 1. The zero-order chi connectivity index (χ0) is 8.43. The molecule has 1 fully saturated rings. The Kier molecular flexibility index (Phi) is 2.41. The Labute approximate surface area is 63.8 Å². The van der Waals surface area contributed by atoms with Crippen LogP contribution in [0.2, 0.25) is 0 Å². The third-order valence-electron chi connectivity index (χ3n) is 2.05. The lowest BCUT2D eigenvalue weighted by Gasteiger charge is -2.24. The summed E-state index contributed by atoms with van der Waals surface area (Å²) >= 11 is 0. The molecule has 1 aliphatic rings. The third kappa shape index (κ3) is 1.87. The van der Waals surface area contributed by atoms with Gasteiger partial charge in [0.1, 0.15) is 0 Å². The van der Waals surface area contributed by atoms with Gasteiger partial charge in [-0.05, 0) is 6.42 Å². The van der Waals surface area contributed by atoms with E-state index in [0.29, 0.717) is 12.8 Å². The van der Waals surface area contributed by atoms with Crippen LogP contribution < -0.4 is 0 Å². The molecule has 1 aliphatic carbocycles. The van der Waals surface area contributed by atoms with Crippen molar-refractivity contribution in [3.05, 3.63) is 10.1 Å². The molecule has 0 heterocycles. The van der Waals surface area contributed by atoms with E-state index in [9.17, 15) is 10.1 Å². The molecular weight excluding hydrogens is 150 g/mol. The van der Waals surface area contributed by atoms with Crippen LogP contribution in [0, 0.1) is 10.1 Å². The van der Waals surface area contributed by atoms with Gasteiger partial charge in [0.25, 0.3) is 0 Å². The SMILES string of the molecule is O=[N+]([O-])C1CCC(O)C(O)C1. The summed E-state index contributed by atoms with van der Waals surface area (Å²) in [5.41, 5.74) is 0. The van der Waals surface area contributed by atoms with Gasteiger partial charge < -0.3 is 10.2 Å². The first-order chi connectivity index (χ1) is 5.11. The first-order valence-corrected chi connectivity index (χ1v) is 3.61. The van der Waals surface area contributed by atoms with E-state index in [1.54, 1.807) is 0 Å². The quantitative estimate of drug-likeness (QED) is 0.402. The highest BCUT2D eigenvalue weighted by Crippen LogP contribution is 2.20. The standard InChI is InChI=1S/C6H11NO4/c8-5-2-1-4(7(10)11)3-6(5)9/h4-6,8-9H,1-3H2. The fourth-order valence-electron chi connectivity index (χ4n) is 1.30. The predicted octanol–water partition coefficient (Wildman–Crippen LogP) is -0.463. The molecule has 0 aromatic carbocycles. The van der Waals surface area contributed by atoms with Crippen molar-refractivity contribution in [2.45, 2.75) is 37.5 Å². The Balaban J connectivity index is 2.46. The Bertz CT molecular complexity index is 161. The molecule has 1 rings (SSSR count). The molecular formula is C6H11NO4. The number of nitrogens with zero attached hydrogens (tertiary/aromatic N) is 1. The number of rotatable bonds is 1. The summed E-state index contributed by atoms with van der Waals surface area (Å²) in [5.74, 6) is 0. The van der Waals surface area contributed by atoms with Crippen LogP contribution in [0.1, 0.15) is 19.3 Å². The summed E-state index contributed by atoms with van der Waals surface area (Å²) in [6.07, 6.45) is -0.919. The van der Waals surface area contributed by atoms with Crippen molar-refractivity contribution in [1.82, 2.24) is 0 Å². The molecule has 0 bridgehead atoms. The van der Waals surface area contributed by atoms with Crippen LogP contribution in [0.4, 0.5) is 0 Å². The lowest BCUT2D eigenvalue weighted by atomic mass is 9.91. The van der Waals surface area contributed by atoms with Crippen LogP contribution in [0.25, 0.3) is 0 Å². The Morgan fingerprint density at radius 3 is 2.36 bits per heavy atom. The summed E-state index contributed by atoms with van der Waals surface area (Å²) in [6.45, 7) is 0. The molecule has 11 heavy (non-hydrogen) atoms. The number of hydrogen-bond acceptors (Lipinski definition) is 4. The van der Waals surface area contributed by atoms with Gasteiger partial charge >= 0.3 is 0 Å². The molecule has 3 unspecified atom stereocenters. The van der Waals surface area contributed by atoms with Crippen molar-refractivity contribution in [2.24, 2.45) is 0 Å². The van der Waals surface area contributed by atoms with Gasteiger partial charge in [0, 0.05) is 17.8 Å². The maximum Gasteiger partial charge on any atom is 0.215 e. The molecule has 1 saturated carbocycles. The van der Waals surface area contributed by atoms with E-state index >= 15 is 0 Å². The predicted molar refractivity (Wildman–Crippen MR) is 36.6 cm³/mol.